The van der Waals surface area contributed by atoms with Crippen LogP contribution in [0.1, 0.15) is 56.9 Å². The van der Waals surface area contributed by atoms with Gasteiger partial charge >= 0.3 is 6.18 Å². The van der Waals surface area contributed by atoms with Gasteiger partial charge in [0, 0.05) is 17.6 Å². The Morgan fingerprint density at radius 1 is 1.05 bits per heavy atom. The van der Waals surface area contributed by atoms with E-state index in [1.54, 1.807) is 24.3 Å². The molecule has 1 aliphatic heterocycles. The van der Waals surface area contributed by atoms with E-state index in [0.29, 0.717) is 30.7 Å². The van der Waals surface area contributed by atoms with Crippen LogP contribution in [0.4, 0.5) is 13.2 Å². The maximum Gasteiger partial charge on any atom is 0.422 e. The first-order valence-electron chi connectivity index (χ1n) is 14.2. The number of alkyl halides is 3. The smallest absolute Gasteiger partial charge is 0.422 e. The predicted octanol–water partition coefficient (Wildman–Crippen LogP) is 5.75. The van der Waals surface area contributed by atoms with Gasteiger partial charge in [-0.15, -0.1) is 0 Å². The minimum absolute atomic E-state index is 0.249. The zero-order chi connectivity index (χ0) is 31.9. The van der Waals surface area contributed by atoms with Gasteiger partial charge in [0.1, 0.15) is 17.3 Å². The van der Waals surface area contributed by atoms with Crippen molar-refractivity contribution in [3.63, 3.8) is 0 Å². The summed E-state index contributed by atoms with van der Waals surface area (Å²) in [6.45, 7) is -1.89. The number of benzene rings is 2. The number of nitrogens with zero attached hydrogens (tertiary/aromatic N) is 2. The first-order chi connectivity index (χ1) is 20.7. The molecule has 1 saturated heterocycles. The van der Waals surface area contributed by atoms with Crippen LogP contribution in [0.15, 0.2) is 47.4 Å². The lowest BCUT2D eigenvalue weighted by atomic mass is 9.68. The molecule has 2 atom stereocenters. The molecule has 2 saturated carbocycles. The molecule has 0 unspecified atom stereocenters. The third-order valence-corrected chi connectivity index (χ3v) is 11.6. The van der Waals surface area contributed by atoms with Crippen molar-refractivity contribution in [3.05, 3.63) is 58.1 Å². The average molecular weight is 673 g/mol. The number of nitriles is 1. The number of amides is 2. The summed E-state index contributed by atoms with van der Waals surface area (Å²) in [6.07, 6.45) is -0.496. The topological polar surface area (TPSA) is 117 Å². The molecule has 0 radical (unpaired) electrons. The lowest BCUT2D eigenvalue weighted by Gasteiger charge is -2.40. The number of sulfone groups is 1. The molecule has 2 amide bonds. The second-order valence-electron chi connectivity index (χ2n) is 11.7. The lowest BCUT2D eigenvalue weighted by molar-refractivity contribution is -0.153. The molecular formula is C30H30Cl2F3N3O5S. The predicted molar refractivity (Wildman–Crippen MR) is 156 cm³/mol. The Bertz CT molecular complexity index is 1580. The summed E-state index contributed by atoms with van der Waals surface area (Å²) in [5.74, 6) is -1.25. The molecule has 14 heteroatoms. The highest BCUT2D eigenvalue weighted by Crippen LogP contribution is 2.44. The molecule has 0 aromatic heterocycles. The zero-order valence-electron chi connectivity index (χ0n) is 23.5. The highest BCUT2D eigenvalue weighted by Gasteiger charge is 2.54. The molecular weight excluding hydrogens is 642 g/mol. The summed E-state index contributed by atoms with van der Waals surface area (Å²) in [5, 5.41) is 11.2. The first kappa shape index (κ1) is 32.4. The zero-order valence-corrected chi connectivity index (χ0v) is 25.8. The number of carbonyl (C=O) groups excluding carboxylic acids is 2. The molecule has 2 aliphatic carbocycles. The van der Waals surface area contributed by atoms with E-state index >= 15 is 0 Å². The van der Waals surface area contributed by atoms with Gasteiger partial charge in [0.2, 0.25) is 11.8 Å². The fourth-order valence-corrected chi connectivity index (χ4v) is 8.54. The van der Waals surface area contributed by atoms with Gasteiger partial charge in [-0.1, -0.05) is 54.6 Å². The van der Waals surface area contributed by atoms with Crippen LogP contribution in [-0.2, 0) is 24.8 Å². The highest BCUT2D eigenvalue weighted by molar-refractivity contribution is 7.92. The lowest BCUT2D eigenvalue weighted by Crippen LogP contribution is -2.55. The summed E-state index contributed by atoms with van der Waals surface area (Å²) in [7, 11) is -4.28. The van der Waals surface area contributed by atoms with Crippen LogP contribution in [0, 0.1) is 11.3 Å². The number of ether oxygens (including phenoxy) is 1. The van der Waals surface area contributed by atoms with Crippen molar-refractivity contribution in [1.82, 2.24) is 10.2 Å². The first-order valence-corrected chi connectivity index (χ1v) is 16.5. The van der Waals surface area contributed by atoms with Crippen molar-refractivity contribution in [3.8, 4) is 11.8 Å². The monoisotopic (exact) mass is 671 g/mol. The van der Waals surface area contributed by atoms with E-state index < -0.39 is 50.8 Å². The molecule has 5 rings (SSSR count). The summed E-state index contributed by atoms with van der Waals surface area (Å²) in [4.78, 5) is 29.1. The van der Waals surface area contributed by atoms with Crippen LogP contribution in [-0.4, -0.2) is 61.3 Å². The summed E-state index contributed by atoms with van der Waals surface area (Å²) in [6, 6.07) is 11.0. The van der Waals surface area contributed by atoms with E-state index in [9.17, 15) is 36.4 Å². The van der Waals surface area contributed by atoms with E-state index in [-0.39, 0.29) is 34.5 Å². The van der Waals surface area contributed by atoms with Gasteiger partial charge in [-0.3, -0.25) is 9.59 Å². The van der Waals surface area contributed by atoms with Gasteiger partial charge in [-0.25, -0.2) is 8.42 Å². The number of nitrogens with one attached hydrogen (secondary N) is 1. The Labute approximate surface area is 263 Å². The van der Waals surface area contributed by atoms with Crippen molar-refractivity contribution in [1.29, 1.82) is 5.26 Å². The van der Waals surface area contributed by atoms with Crippen LogP contribution in [0.2, 0.25) is 10.0 Å². The summed E-state index contributed by atoms with van der Waals surface area (Å²) >= 11 is 12.4. The molecule has 0 bridgehead atoms. The highest BCUT2D eigenvalue weighted by atomic mass is 35.5. The number of hydrogen-bond donors (Lipinski definition) is 1. The van der Waals surface area contributed by atoms with Gasteiger partial charge in [0.05, 0.1) is 26.7 Å². The standard InChI is InChI=1S/C30H30Cl2F3N3O5S/c31-20-6-4-19(5-7-20)29(10-2-1-3-11-29)27(40)38-16-22(15-24(38)26(39)37-28(17-36)12-13-28)44(41,42)25-9-8-21(14-23(25)32)43-18-30(33,34)35/h4-9,14,22,24H,1-3,10-13,15-16,18H2,(H,37,39)/t22-,24+/m1/s1. The largest absolute Gasteiger partial charge is 0.484 e. The van der Waals surface area contributed by atoms with Gasteiger partial charge in [-0.2, -0.15) is 18.4 Å². The summed E-state index contributed by atoms with van der Waals surface area (Å²) in [5.41, 5.74) is -1.32. The Balaban J connectivity index is 1.48. The van der Waals surface area contributed by atoms with Crippen molar-refractivity contribution >= 4 is 44.9 Å². The Morgan fingerprint density at radius 2 is 1.70 bits per heavy atom. The fourth-order valence-electron chi connectivity index (χ4n) is 6.18. The molecule has 0 spiro atoms. The fraction of sp³-hybridized carbons (Fsp3) is 0.500. The van der Waals surface area contributed by atoms with Gasteiger partial charge in [0.15, 0.2) is 16.4 Å². The van der Waals surface area contributed by atoms with Crippen LogP contribution < -0.4 is 10.1 Å². The molecule has 44 heavy (non-hydrogen) atoms. The van der Waals surface area contributed by atoms with Crippen molar-refractivity contribution in [2.24, 2.45) is 0 Å². The van der Waals surface area contributed by atoms with Gasteiger partial charge in [0.25, 0.3) is 0 Å². The van der Waals surface area contributed by atoms with E-state index in [1.165, 1.54) is 4.90 Å². The Morgan fingerprint density at radius 3 is 2.27 bits per heavy atom. The second-order valence-corrected chi connectivity index (χ2v) is 14.7. The third-order valence-electron chi connectivity index (χ3n) is 8.72. The number of halogens is 5. The number of carbonyl (C=O) groups is 2. The number of hydrogen-bond acceptors (Lipinski definition) is 6. The Hall–Kier alpha value is -3.01. The SMILES string of the molecule is N#CC1(NC(=O)[C@@H]2C[C@@H](S(=O)(=O)c3ccc(OCC(F)(F)F)cc3Cl)CN2C(=O)C2(c3ccc(Cl)cc3)CCCCC2)CC1. The van der Waals surface area contributed by atoms with Crippen LogP contribution in [0.3, 0.4) is 0 Å². The second kappa shape index (κ2) is 12.1. The molecule has 3 aliphatic rings. The van der Waals surface area contributed by atoms with Crippen molar-refractivity contribution in [2.75, 3.05) is 13.2 Å². The average Bonchev–Trinajstić information content (AvgIpc) is 3.60. The van der Waals surface area contributed by atoms with Crippen LogP contribution in [0.5, 0.6) is 5.75 Å². The molecule has 8 nitrogen and oxygen atoms in total. The third kappa shape index (κ3) is 6.51. The number of rotatable bonds is 8. The van der Waals surface area contributed by atoms with Crippen LogP contribution >= 0.6 is 23.2 Å². The van der Waals surface area contributed by atoms with Crippen molar-refractivity contribution in [2.45, 2.75) is 84.7 Å². The molecule has 1 heterocycles. The quantitative estimate of drug-likeness (QED) is 0.382. The molecule has 3 fully saturated rings. The van der Waals surface area contributed by atoms with E-state index in [2.05, 4.69) is 16.1 Å². The maximum absolute atomic E-state index is 14.6. The van der Waals surface area contributed by atoms with Crippen molar-refractivity contribution < 1.29 is 35.9 Å². The molecule has 2 aromatic rings. The molecule has 1 N–H and O–H groups in total. The maximum atomic E-state index is 14.6. The van der Waals surface area contributed by atoms with Crippen LogP contribution in [0.25, 0.3) is 0 Å². The minimum Gasteiger partial charge on any atom is -0.484 e. The summed E-state index contributed by atoms with van der Waals surface area (Å²) < 4.78 is 70.3. The Kier molecular flexibility index (Phi) is 8.88. The van der Waals surface area contributed by atoms with E-state index in [4.69, 9.17) is 23.2 Å². The van der Waals surface area contributed by atoms with Gasteiger partial charge < -0.3 is 15.0 Å². The molecule has 2 aromatic carbocycles. The molecule has 236 valence electrons. The number of likely N-dealkylation sites (tertiary alicyclic amines) is 1. The minimum atomic E-state index is -4.60. The van der Waals surface area contributed by atoms with E-state index in [1.807, 2.05) is 0 Å². The van der Waals surface area contributed by atoms with E-state index in [0.717, 1.165) is 43.0 Å². The normalized spacial score (nSPS) is 22.6. The van der Waals surface area contributed by atoms with Gasteiger partial charge in [-0.05, 0) is 61.9 Å².